The van der Waals surface area contributed by atoms with Crippen LogP contribution in [0.4, 0.5) is 16.4 Å². The first kappa shape index (κ1) is 21.9. The molecular weight excluding hydrogens is 454 g/mol. The fourth-order valence-electron chi connectivity index (χ4n) is 4.76. The zero-order valence-electron chi connectivity index (χ0n) is 20.1. The largest absolute Gasteiger partial charge is 0.491 e. The fourth-order valence-corrected chi connectivity index (χ4v) is 4.76. The van der Waals surface area contributed by atoms with Gasteiger partial charge in [-0.2, -0.15) is 0 Å². The number of aryl methyl sites for hydroxylation is 1. The minimum Gasteiger partial charge on any atom is -0.491 e. The number of hydrogen-bond acceptors (Lipinski definition) is 6. The van der Waals surface area contributed by atoms with Gasteiger partial charge in [0.25, 0.3) is 0 Å². The van der Waals surface area contributed by atoms with Crippen molar-refractivity contribution in [3.05, 3.63) is 78.5 Å². The van der Waals surface area contributed by atoms with Crippen LogP contribution in [0.25, 0.3) is 33.1 Å². The van der Waals surface area contributed by atoms with Crippen LogP contribution < -0.4 is 15.0 Å². The Morgan fingerprint density at radius 2 is 1.86 bits per heavy atom. The number of imidazole rings is 1. The number of methoxy groups -OCH3 is 1. The third-order valence-electron chi connectivity index (χ3n) is 6.62. The summed E-state index contributed by atoms with van der Waals surface area (Å²) in [6.45, 7) is 2.13. The Morgan fingerprint density at radius 3 is 2.75 bits per heavy atom. The van der Waals surface area contributed by atoms with Crippen molar-refractivity contribution >= 4 is 39.7 Å². The van der Waals surface area contributed by atoms with E-state index in [1.807, 2.05) is 42.1 Å². The number of para-hydroxylation sites is 1. The van der Waals surface area contributed by atoms with Gasteiger partial charge < -0.3 is 18.9 Å². The van der Waals surface area contributed by atoms with Gasteiger partial charge in [-0.25, -0.2) is 9.78 Å². The van der Waals surface area contributed by atoms with E-state index in [0.717, 1.165) is 63.2 Å². The Labute approximate surface area is 208 Å². The monoisotopic (exact) mass is 479 g/mol. The van der Waals surface area contributed by atoms with E-state index in [2.05, 4.69) is 62.6 Å². The predicted molar refractivity (Wildman–Crippen MR) is 140 cm³/mol. The molecule has 0 saturated carbocycles. The Morgan fingerprint density at radius 1 is 1.03 bits per heavy atom. The summed E-state index contributed by atoms with van der Waals surface area (Å²) in [6, 6.07) is 22.7. The Kier molecular flexibility index (Phi) is 5.41. The lowest BCUT2D eigenvalue weighted by atomic mass is 10.0. The second kappa shape index (κ2) is 8.88. The minimum absolute atomic E-state index is 0.435. The van der Waals surface area contributed by atoms with E-state index >= 15 is 0 Å². The van der Waals surface area contributed by atoms with E-state index < -0.39 is 6.09 Å². The van der Waals surface area contributed by atoms with Gasteiger partial charge in [0.05, 0.1) is 30.2 Å². The number of hydrogen-bond donors (Lipinski definition) is 1. The topological polar surface area (TPSA) is 81.5 Å². The van der Waals surface area contributed by atoms with Crippen LogP contribution in [0, 0.1) is 0 Å². The molecule has 0 fully saturated rings. The molecule has 0 radical (unpaired) electrons. The van der Waals surface area contributed by atoms with E-state index in [1.54, 1.807) is 0 Å². The zero-order chi connectivity index (χ0) is 24.6. The van der Waals surface area contributed by atoms with E-state index in [-0.39, 0.29) is 0 Å². The smallest absolute Gasteiger partial charge is 0.413 e. The van der Waals surface area contributed by atoms with Crippen LogP contribution in [-0.4, -0.2) is 40.9 Å². The van der Waals surface area contributed by atoms with Crippen molar-refractivity contribution in [1.82, 2.24) is 14.5 Å². The van der Waals surface area contributed by atoms with E-state index in [0.29, 0.717) is 12.6 Å². The maximum absolute atomic E-state index is 11.7. The molecule has 3 heterocycles. The highest BCUT2D eigenvalue weighted by molar-refractivity contribution is 5.92. The summed E-state index contributed by atoms with van der Waals surface area (Å²) in [5.41, 5.74) is 7.12. The van der Waals surface area contributed by atoms with Crippen LogP contribution in [-0.2, 0) is 18.3 Å². The number of carbonyl (C=O) groups excluding carboxylic acids is 1. The number of anilines is 2. The molecule has 6 rings (SSSR count). The highest BCUT2D eigenvalue weighted by Gasteiger charge is 2.19. The molecule has 1 N–H and O–H groups in total. The molecule has 0 spiro atoms. The number of rotatable bonds is 3. The van der Waals surface area contributed by atoms with Crippen LogP contribution in [0.2, 0.25) is 0 Å². The fraction of sp³-hybridized carbons (Fsp3) is 0.179. The first-order chi connectivity index (χ1) is 17.6. The summed E-state index contributed by atoms with van der Waals surface area (Å²) >= 11 is 0. The standard InChI is InChI=1S/C28H25N5O3/c1-32-25-16-19(7-9-23(25)30-27(32)31-28(34)35-2)18-8-10-26-20(15-18)17-33(13-14-36-26)24-11-12-29-22-6-4-3-5-21(22)24/h3-12,15-16H,13-14,17H2,1-2H3,(H,30,31,34). The van der Waals surface area contributed by atoms with Crippen LogP contribution in [0.3, 0.4) is 0 Å². The average molecular weight is 480 g/mol. The normalized spacial score (nSPS) is 13.2. The molecule has 2 aromatic heterocycles. The molecule has 5 aromatic rings. The van der Waals surface area contributed by atoms with Gasteiger partial charge in [-0.15, -0.1) is 0 Å². The maximum atomic E-state index is 11.7. The molecule has 8 nitrogen and oxygen atoms in total. The highest BCUT2D eigenvalue weighted by Crippen LogP contribution is 2.34. The Bertz CT molecular complexity index is 1600. The lowest BCUT2D eigenvalue weighted by Crippen LogP contribution is -2.25. The van der Waals surface area contributed by atoms with E-state index in [9.17, 15) is 4.79 Å². The molecule has 3 aromatic carbocycles. The highest BCUT2D eigenvalue weighted by atomic mass is 16.5. The summed E-state index contributed by atoms with van der Waals surface area (Å²) in [7, 11) is 3.20. The van der Waals surface area contributed by atoms with Crippen LogP contribution in [0.5, 0.6) is 5.75 Å². The number of ether oxygens (including phenoxy) is 2. The van der Waals surface area contributed by atoms with Gasteiger partial charge in [0, 0.05) is 36.4 Å². The summed E-state index contributed by atoms with van der Waals surface area (Å²) in [5, 5.41) is 3.79. The number of pyridine rings is 1. The van der Waals surface area contributed by atoms with Gasteiger partial charge in [0.15, 0.2) is 0 Å². The second-order valence-corrected chi connectivity index (χ2v) is 8.75. The lowest BCUT2D eigenvalue weighted by Gasteiger charge is -2.23. The molecule has 1 amide bonds. The van der Waals surface area contributed by atoms with E-state index in [1.165, 1.54) is 7.11 Å². The van der Waals surface area contributed by atoms with Crippen LogP contribution >= 0.6 is 0 Å². The van der Waals surface area contributed by atoms with Gasteiger partial charge in [-0.1, -0.05) is 30.3 Å². The number of carbonyl (C=O) groups is 1. The summed E-state index contributed by atoms with van der Waals surface area (Å²) in [6.07, 6.45) is 1.32. The number of nitrogens with one attached hydrogen (secondary N) is 1. The number of aromatic nitrogens is 3. The van der Waals surface area contributed by atoms with Gasteiger partial charge in [0.1, 0.15) is 12.4 Å². The molecule has 0 bridgehead atoms. The lowest BCUT2D eigenvalue weighted by molar-refractivity contribution is 0.186. The van der Waals surface area contributed by atoms with Gasteiger partial charge >= 0.3 is 6.09 Å². The minimum atomic E-state index is -0.550. The van der Waals surface area contributed by atoms with E-state index in [4.69, 9.17) is 9.47 Å². The third kappa shape index (κ3) is 3.86. The maximum Gasteiger partial charge on any atom is 0.413 e. The number of amides is 1. The molecule has 0 atom stereocenters. The molecule has 0 saturated heterocycles. The SMILES string of the molecule is COC(=O)Nc1nc2ccc(-c3ccc4c(c3)CN(c3ccnc5ccccc35)CCO4)cc2n1C. The van der Waals surface area contributed by atoms with Crippen LogP contribution in [0.15, 0.2) is 72.9 Å². The number of benzene rings is 3. The number of nitrogens with zero attached hydrogens (tertiary/aromatic N) is 4. The molecule has 36 heavy (non-hydrogen) atoms. The van der Waals surface area contributed by atoms with Crippen molar-refractivity contribution in [3.8, 4) is 16.9 Å². The molecule has 8 heteroatoms. The first-order valence-corrected chi connectivity index (χ1v) is 11.8. The van der Waals surface area contributed by atoms with Crippen molar-refractivity contribution in [2.45, 2.75) is 6.54 Å². The van der Waals surface area contributed by atoms with Gasteiger partial charge in [-0.05, 0) is 47.5 Å². The van der Waals surface area contributed by atoms with Crippen molar-refractivity contribution in [1.29, 1.82) is 0 Å². The molecular formula is C28H25N5O3. The molecule has 1 aliphatic rings. The predicted octanol–water partition coefficient (Wildman–Crippen LogP) is 5.37. The van der Waals surface area contributed by atoms with Crippen molar-refractivity contribution in [3.63, 3.8) is 0 Å². The van der Waals surface area contributed by atoms with Gasteiger partial charge in [-0.3, -0.25) is 10.3 Å². The van der Waals surface area contributed by atoms with Crippen LogP contribution in [0.1, 0.15) is 5.56 Å². The van der Waals surface area contributed by atoms with Crippen molar-refractivity contribution < 1.29 is 14.3 Å². The first-order valence-electron chi connectivity index (χ1n) is 11.8. The Balaban J connectivity index is 1.35. The van der Waals surface area contributed by atoms with Gasteiger partial charge in [0.2, 0.25) is 5.95 Å². The summed E-state index contributed by atoms with van der Waals surface area (Å²) < 4.78 is 12.7. The molecule has 0 aliphatic carbocycles. The average Bonchev–Trinajstić information content (AvgIpc) is 3.08. The summed E-state index contributed by atoms with van der Waals surface area (Å²) in [5.74, 6) is 1.34. The molecule has 1 aliphatic heterocycles. The number of fused-ring (bicyclic) bond motifs is 3. The summed E-state index contributed by atoms with van der Waals surface area (Å²) in [4.78, 5) is 23.0. The van der Waals surface area contributed by atoms with Crippen molar-refractivity contribution in [2.24, 2.45) is 7.05 Å². The molecule has 0 unspecified atom stereocenters. The van der Waals surface area contributed by atoms with Crippen molar-refractivity contribution in [2.75, 3.05) is 30.5 Å². The molecule has 180 valence electrons. The third-order valence-corrected chi connectivity index (χ3v) is 6.62. The zero-order valence-corrected chi connectivity index (χ0v) is 20.1. The quantitative estimate of drug-likeness (QED) is 0.375. The second-order valence-electron chi connectivity index (χ2n) is 8.75. The Hall–Kier alpha value is -4.59.